The van der Waals surface area contributed by atoms with Crippen LogP contribution in [-0.4, -0.2) is 32.9 Å². The fourth-order valence-corrected chi connectivity index (χ4v) is 4.75. The first-order valence-electron chi connectivity index (χ1n) is 11.7. The third kappa shape index (κ3) is 4.92. The molecule has 0 fully saturated rings. The molecule has 1 amide bonds. The van der Waals surface area contributed by atoms with Crippen molar-refractivity contribution in [3.63, 3.8) is 0 Å². The number of hydrogen-bond acceptors (Lipinski definition) is 5. The number of para-hydroxylation sites is 1. The minimum absolute atomic E-state index is 0.232. The number of amides is 1. The molecular formula is C29H31N3O3. The van der Waals surface area contributed by atoms with Gasteiger partial charge in [0.25, 0.3) is 5.91 Å². The highest BCUT2D eigenvalue weighted by molar-refractivity contribution is 5.95. The molecule has 0 aliphatic carbocycles. The van der Waals surface area contributed by atoms with Crippen LogP contribution in [0.5, 0.6) is 11.5 Å². The summed E-state index contributed by atoms with van der Waals surface area (Å²) in [5, 5.41) is 4.22. The van der Waals surface area contributed by atoms with Crippen molar-refractivity contribution < 1.29 is 14.3 Å². The molecule has 0 saturated carbocycles. The Morgan fingerprint density at radius 1 is 1.00 bits per heavy atom. The summed E-state index contributed by atoms with van der Waals surface area (Å²) in [5.41, 5.74) is 7.70. The molecule has 0 spiro atoms. The maximum atomic E-state index is 12.7. The minimum Gasteiger partial charge on any atom is -0.497 e. The van der Waals surface area contributed by atoms with Crippen LogP contribution in [0.15, 0.2) is 89.7 Å². The van der Waals surface area contributed by atoms with Gasteiger partial charge >= 0.3 is 0 Å². The van der Waals surface area contributed by atoms with Crippen LogP contribution in [0, 0.1) is 0 Å². The molecule has 1 heterocycles. The van der Waals surface area contributed by atoms with Crippen LogP contribution in [-0.2, 0) is 11.8 Å². The molecule has 0 bridgehead atoms. The molecule has 0 aromatic heterocycles. The number of nitrogens with zero attached hydrogens (tertiary/aromatic N) is 2. The number of benzene rings is 3. The predicted molar refractivity (Wildman–Crippen MR) is 141 cm³/mol. The van der Waals surface area contributed by atoms with Crippen molar-refractivity contribution in [1.82, 2.24) is 5.43 Å². The number of allylic oxidation sites excluding steroid dienone is 2. The van der Waals surface area contributed by atoms with E-state index in [9.17, 15) is 4.79 Å². The highest BCUT2D eigenvalue weighted by atomic mass is 16.5. The van der Waals surface area contributed by atoms with Crippen LogP contribution in [0.25, 0.3) is 0 Å². The summed E-state index contributed by atoms with van der Waals surface area (Å²) in [6.07, 6.45) is 4.51. The molecule has 1 aliphatic heterocycles. The van der Waals surface area contributed by atoms with E-state index in [1.165, 1.54) is 16.8 Å². The number of fused-ring (bicyclic) bond motifs is 1. The third-order valence-electron chi connectivity index (χ3n) is 6.45. The molecule has 3 aromatic rings. The number of carbonyl (C=O) groups excluding carboxylic acids is 1. The second-order valence-electron chi connectivity index (χ2n) is 8.63. The van der Waals surface area contributed by atoms with Gasteiger partial charge < -0.3 is 14.4 Å². The van der Waals surface area contributed by atoms with Gasteiger partial charge in [0, 0.05) is 41.2 Å². The van der Waals surface area contributed by atoms with Crippen molar-refractivity contribution in [3.8, 4) is 11.5 Å². The number of likely N-dealkylation sites (N-methyl/N-ethyl adjacent to an activating group) is 1. The summed E-state index contributed by atoms with van der Waals surface area (Å²) in [5.74, 6) is 0.741. The van der Waals surface area contributed by atoms with E-state index < -0.39 is 0 Å². The number of ether oxygens (including phenoxy) is 2. The zero-order valence-corrected chi connectivity index (χ0v) is 20.6. The molecule has 1 N–H and O–H groups in total. The number of anilines is 1. The van der Waals surface area contributed by atoms with Crippen molar-refractivity contribution >= 4 is 17.8 Å². The monoisotopic (exact) mass is 469 g/mol. The Balaban J connectivity index is 1.61. The van der Waals surface area contributed by atoms with Gasteiger partial charge in [-0.3, -0.25) is 4.79 Å². The van der Waals surface area contributed by atoms with Crippen molar-refractivity contribution in [3.05, 3.63) is 101 Å². The summed E-state index contributed by atoms with van der Waals surface area (Å²) in [6, 6.07) is 24.1. The summed E-state index contributed by atoms with van der Waals surface area (Å²) in [4.78, 5) is 15.0. The van der Waals surface area contributed by atoms with E-state index in [1.54, 1.807) is 38.6 Å². The zero-order chi connectivity index (χ0) is 24.8. The Morgan fingerprint density at radius 3 is 2.31 bits per heavy atom. The van der Waals surface area contributed by atoms with E-state index in [0.717, 1.165) is 18.7 Å². The van der Waals surface area contributed by atoms with E-state index in [2.05, 4.69) is 77.8 Å². The number of carbonyl (C=O) groups is 1. The van der Waals surface area contributed by atoms with Crippen molar-refractivity contribution in [1.29, 1.82) is 0 Å². The van der Waals surface area contributed by atoms with Crippen LogP contribution in [0.4, 0.5) is 5.69 Å². The molecule has 6 nitrogen and oxygen atoms in total. The van der Waals surface area contributed by atoms with Crippen molar-refractivity contribution in [2.24, 2.45) is 5.10 Å². The van der Waals surface area contributed by atoms with Crippen LogP contribution in [0.3, 0.4) is 0 Å². The third-order valence-corrected chi connectivity index (χ3v) is 6.45. The second-order valence-corrected chi connectivity index (χ2v) is 8.63. The SMILES string of the molecule is CCN1/C(=C\C=N\NC(=O)c2cc(OC)cc(OC)c2)C(C)(Cc2ccccc2)c2ccccc21. The van der Waals surface area contributed by atoms with Crippen LogP contribution in [0.1, 0.15) is 35.3 Å². The molecule has 35 heavy (non-hydrogen) atoms. The molecule has 1 atom stereocenters. The normalized spacial score (nSPS) is 18.1. The lowest BCUT2D eigenvalue weighted by Gasteiger charge is -2.30. The van der Waals surface area contributed by atoms with Gasteiger partial charge in [-0.1, -0.05) is 48.5 Å². The summed E-state index contributed by atoms with van der Waals surface area (Å²) in [7, 11) is 3.10. The van der Waals surface area contributed by atoms with Gasteiger partial charge in [0.1, 0.15) is 11.5 Å². The number of nitrogens with one attached hydrogen (secondary N) is 1. The highest BCUT2D eigenvalue weighted by Gasteiger charge is 2.42. The Hall–Kier alpha value is -4.06. The zero-order valence-electron chi connectivity index (χ0n) is 20.6. The van der Waals surface area contributed by atoms with Gasteiger partial charge in [0.2, 0.25) is 0 Å². The van der Waals surface area contributed by atoms with Crippen LogP contribution in [0.2, 0.25) is 0 Å². The van der Waals surface area contributed by atoms with Crippen LogP contribution >= 0.6 is 0 Å². The summed E-state index contributed by atoms with van der Waals surface area (Å²) < 4.78 is 10.5. The number of hydrazone groups is 1. The van der Waals surface area contributed by atoms with Gasteiger partial charge in [-0.15, -0.1) is 0 Å². The predicted octanol–water partition coefficient (Wildman–Crippen LogP) is 5.34. The standard InChI is InChI=1S/C29H31N3O3/c1-5-32-26-14-10-9-13-25(26)29(2,20-21-11-7-6-8-12-21)27(32)15-16-30-31-28(33)22-17-23(34-3)19-24(18-22)35-4/h6-19H,5,20H2,1-4H3,(H,31,33)/b27-15-,30-16+. The largest absolute Gasteiger partial charge is 0.497 e. The molecule has 1 unspecified atom stereocenters. The maximum Gasteiger partial charge on any atom is 0.271 e. The van der Waals surface area contributed by atoms with Crippen LogP contribution < -0.4 is 19.8 Å². The van der Waals surface area contributed by atoms with Gasteiger partial charge in [0.15, 0.2) is 0 Å². The average molecular weight is 470 g/mol. The maximum absolute atomic E-state index is 12.7. The Kier molecular flexibility index (Phi) is 7.20. The average Bonchev–Trinajstić information content (AvgIpc) is 3.13. The van der Waals surface area contributed by atoms with Crippen molar-refractivity contribution in [2.45, 2.75) is 25.7 Å². The Labute approximate surface area is 206 Å². The molecule has 180 valence electrons. The first-order chi connectivity index (χ1) is 17.0. The smallest absolute Gasteiger partial charge is 0.271 e. The fraction of sp³-hybridized carbons (Fsp3) is 0.241. The van der Waals surface area contributed by atoms with Gasteiger partial charge in [0.05, 0.1) is 14.2 Å². The number of rotatable bonds is 8. The molecule has 3 aromatic carbocycles. The first-order valence-corrected chi connectivity index (χ1v) is 11.7. The quantitative estimate of drug-likeness (QED) is 0.357. The molecule has 1 aliphatic rings. The van der Waals surface area contributed by atoms with E-state index in [0.29, 0.717) is 17.1 Å². The lowest BCUT2D eigenvalue weighted by molar-refractivity contribution is 0.0954. The molecule has 6 heteroatoms. The molecule has 0 saturated heterocycles. The van der Waals surface area contributed by atoms with Gasteiger partial charge in [-0.05, 0) is 55.7 Å². The number of methoxy groups -OCH3 is 2. The molecular weight excluding hydrogens is 438 g/mol. The van der Waals surface area contributed by atoms with Crippen molar-refractivity contribution in [2.75, 3.05) is 25.7 Å². The molecule has 0 radical (unpaired) electrons. The Morgan fingerprint density at radius 2 is 1.66 bits per heavy atom. The fourth-order valence-electron chi connectivity index (χ4n) is 4.75. The lowest BCUT2D eigenvalue weighted by Crippen LogP contribution is -2.30. The second kappa shape index (κ2) is 10.5. The van der Waals surface area contributed by atoms with Gasteiger partial charge in [-0.2, -0.15) is 5.10 Å². The lowest BCUT2D eigenvalue weighted by atomic mass is 9.76. The highest BCUT2D eigenvalue weighted by Crippen LogP contribution is 2.49. The topological polar surface area (TPSA) is 63.2 Å². The summed E-state index contributed by atoms with van der Waals surface area (Å²) in [6.45, 7) is 5.25. The van der Waals surface area contributed by atoms with E-state index >= 15 is 0 Å². The Bertz CT molecular complexity index is 1230. The van der Waals surface area contributed by atoms with E-state index in [4.69, 9.17) is 9.47 Å². The molecule has 4 rings (SSSR count). The number of hydrogen-bond donors (Lipinski definition) is 1. The van der Waals surface area contributed by atoms with E-state index in [1.807, 2.05) is 12.1 Å². The first kappa shape index (κ1) is 24.1. The van der Waals surface area contributed by atoms with E-state index in [-0.39, 0.29) is 11.3 Å². The minimum atomic E-state index is -0.342. The summed E-state index contributed by atoms with van der Waals surface area (Å²) >= 11 is 0. The van der Waals surface area contributed by atoms with Gasteiger partial charge in [-0.25, -0.2) is 5.43 Å².